The van der Waals surface area contributed by atoms with Crippen LogP contribution >= 0.6 is 11.8 Å². The predicted octanol–water partition coefficient (Wildman–Crippen LogP) is 2.67. The van der Waals surface area contributed by atoms with Crippen molar-refractivity contribution >= 4 is 29.4 Å². The van der Waals surface area contributed by atoms with Crippen LogP contribution in [0.5, 0.6) is 0 Å². The Kier molecular flexibility index (Phi) is 5.12. The molecule has 2 unspecified atom stereocenters. The third-order valence-corrected chi connectivity index (χ3v) is 4.49. The van der Waals surface area contributed by atoms with E-state index in [2.05, 4.69) is 19.2 Å². The highest BCUT2D eigenvalue weighted by Crippen LogP contribution is 2.25. The van der Waals surface area contributed by atoms with Gasteiger partial charge in [0.25, 0.3) is 0 Å². The second-order valence-electron chi connectivity index (χ2n) is 5.36. The van der Waals surface area contributed by atoms with Crippen LogP contribution in [0.3, 0.4) is 0 Å². The van der Waals surface area contributed by atoms with Gasteiger partial charge < -0.3 is 15.3 Å². The standard InChI is InChI=1S/C15H20N2O3S/c1-10-8-17(9-11(2)21-10)15(20)16-13-5-3-12(4-6-13)7-14(18)19/h3-6,10-11H,7-9H2,1-2H3,(H,16,20)(H,18,19). The molecule has 1 aromatic rings. The number of hydrogen-bond donors (Lipinski definition) is 2. The number of hydrogen-bond acceptors (Lipinski definition) is 3. The van der Waals surface area contributed by atoms with E-state index in [1.165, 1.54) is 0 Å². The van der Waals surface area contributed by atoms with Crippen molar-refractivity contribution in [3.63, 3.8) is 0 Å². The summed E-state index contributed by atoms with van der Waals surface area (Å²) in [6, 6.07) is 6.82. The Labute approximate surface area is 128 Å². The van der Waals surface area contributed by atoms with Gasteiger partial charge in [-0.05, 0) is 17.7 Å². The van der Waals surface area contributed by atoms with Crippen LogP contribution in [0.25, 0.3) is 0 Å². The highest BCUT2D eigenvalue weighted by Gasteiger charge is 2.25. The van der Waals surface area contributed by atoms with Gasteiger partial charge in [0, 0.05) is 29.3 Å². The number of anilines is 1. The average Bonchev–Trinajstić information content (AvgIpc) is 2.39. The molecular weight excluding hydrogens is 288 g/mol. The van der Waals surface area contributed by atoms with Gasteiger partial charge in [0.15, 0.2) is 0 Å². The monoisotopic (exact) mass is 308 g/mol. The van der Waals surface area contributed by atoms with E-state index < -0.39 is 5.97 Å². The first-order valence-corrected chi connectivity index (χ1v) is 7.90. The molecule has 2 N–H and O–H groups in total. The van der Waals surface area contributed by atoms with Crippen LogP contribution in [0.15, 0.2) is 24.3 Å². The van der Waals surface area contributed by atoms with Crippen molar-refractivity contribution in [1.29, 1.82) is 0 Å². The summed E-state index contributed by atoms with van der Waals surface area (Å²) < 4.78 is 0. The Morgan fingerprint density at radius 1 is 1.24 bits per heavy atom. The first kappa shape index (κ1) is 15.7. The number of carbonyl (C=O) groups excluding carboxylic acids is 1. The summed E-state index contributed by atoms with van der Waals surface area (Å²) >= 11 is 1.90. The van der Waals surface area contributed by atoms with E-state index >= 15 is 0 Å². The molecule has 2 amide bonds. The van der Waals surface area contributed by atoms with Crippen molar-refractivity contribution in [2.45, 2.75) is 30.8 Å². The first-order chi connectivity index (χ1) is 9.94. The maximum atomic E-state index is 12.2. The van der Waals surface area contributed by atoms with Gasteiger partial charge in [-0.3, -0.25) is 4.79 Å². The molecule has 0 spiro atoms. The normalized spacial score (nSPS) is 21.9. The van der Waals surface area contributed by atoms with Crippen LogP contribution in [-0.2, 0) is 11.2 Å². The SMILES string of the molecule is CC1CN(C(=O)Nc2ccc(CC(=O)O)cc2)CC(C)S1. The van der Waals surface area contributed by atoms with E-state index in [4.69, 9.17) is 5.11 Å². The van der Waals surface area contributed by atoms with Crippen LogP contribution in [0.2, 0.25) is 0 Å². The van der Waals surface area contributed by atoms with E-state index in [1.807, 2.05) is 16.7 Å². The Hall–Kier alpha value is -1.69. The Balaban J connectivity index is 1.94. The Morgan fingerprint density at radius 2 is 1.81 bits per heavy atom. The molecule has 0 bridgehead atoms. The Bertz CT molecular complexity index is 508. The molecule has 5 nitrogen and oxygen atoms in total. The van der Waals surface area contributed by atoms with Crippen LogP contribution in [0.1, 0.15) is 19.4 Å². The number of carboxylic acids is 1. The summed E-state index contributed by atoms with van der Waals surface area (Å²) in [7, 11) is 0. The fourth-order valence-corrected chi connectivity index (χ4v) is 3.75. The van der Waals surface area contributed by atoms with Crippen molar-refractivity contribution < 1.29 is 14.7 Å². The van der Waals surface area contributed by atoms with Crippen LogP contribution < -0.4 is 5.32 Å². The van der Waals surface area contributed by atoms with Gasteiger partial charge in [-0.2, -0.15) is 11.8 Å². The average molecular weight is 308 g/mol. The van der Waals surface area contributed by atoms with Crippen molar-refractivity contribution in [2.75, 3.05) is 18.4 Å². The third-order valence-electron chi connectivity index (χ3n) is 3.27. The molecule has 1 saturated heterocycles. The van der Waals surface area contributed by atoms with Crippen LogP contribution in [0.4, 0.5) is 10.5 Å². The third kappa shape index (κ3) is 4.67. The number of rotatable bonds is 3. The number of carboxylic acid groups (broad SMARTS) is 1. The number of amides is 2. The fourth-order valence-electron chi connectivity index (χ4n) is 2.43. The molecule has 0 saturated carbocycles. The maximum absolute atomic E-state index is 12.2. The predicted molar refractivity (Wildman–Crippen MR) is 84.9 cm³/mol. The number of thioether (sulfide) groups is 1. The van der Waals surface area contributed by atoms with Crippen molar-refractivity contribution in [1.82, 2.24) is 4.90 Å². The fraction of sp³-hybridized carbons (Fsp3) is 0.467. The molecule has 1 aliphatic heterocycles. The molecule has 0 aliphatic carbocycles. The minimum absolute atomic E-state index is 0.00734. The van der Waals surface area contributed by atoms with E-state index in [1.54, 1.807) is 24.3 Å². The number of carbonyl (C=O) groups is 2. The second-order valence-corrected chi connectivity index (χ2v) is 7.24. The zero-order valence-electron chi connectivity index (χ0n) is 12.2. The molecule has 2 atom stereocenters. The summed E-state index contributed by atoms with van der Waals surface area (Å²) in [5, 5.41) is 12.5. The van der Waals surface area contributed by atoms with Crippen molar-refractivity contribution in [3.05, 3.63) is 29.8 Å². The number of aliphatic carboxylic acids is 1. The van der Waals surface area contributed by atoms with Gasteiger partial charge in [-0.15, -0.1) is 0 Å². The zero-order valence-corrected chi connectivity index (χ0v) is 13.0. The topological polar surface area (TPSA) is 69.6 Å². The highest BCUT2D eigenvalue weighted by atomic mass is 32.2. The smallest absolute Gasteiger partial charge is 0.321 e. The van der Waals surface area contributed by atoms with E-state index in [0.717, 1.165) is 18.7 Å². The van der Waals surface area contributed by atoms with Crippen molar-refractivity contribution in [3.8, 4) is 0 Å². The van der Waals surface area contributed by atoms with Gasteiger partial charge >= 0.3 is 12.0 Å². The highest BCUT2D eigenvalue weighted by molar-refractivity contribution is 8.00. The minimum atomic E-state index is -0.861. The molecule has 1 fully saturated rings. The molecule has 2 rings (SSSR count). The lowest BCUT2D eigenvalue weighted by atomic mass is 10.1. The summed E-state index contributed by atoms with van der Waals surface area (Å²) in [5.74, 6) is -0.861. The van der Waals surface area contributed by atoms with Gasteiger partial charge in [-0.1, -0.05) is 26.0 Å². The molecule has 1 aliphatic rings. The van der Waals surface area contributed by atoms with Crippen LogP contribution in [0, 0.1) is 0 Å². The van der Waals surface area contributed by atoms with E-state index in [9.17, 15) is 9.59 Å². The number of nitrogens with one attached hydrogen (secondary N) is 1. The number of nitrogens with zero attached hydrogens (tertiary/aromatic N) is 1. The summed E-state index contributed by atoms with van der Waals surface area (Å²) in [6.07, 6.45) is -0.00734. The van der Waals surface area contributed by atoms with Gasteiger partial charge in [0.05, 0.1) is 6.42 Å². The molecular formula is C15H20N2O3S. The van der Waals surface area contributed by atoms with E-state index in [-0.39, 0.29) is 12.5 Å². The lowest BCUT2D eigenvalue weighted by Gasteiger charge is -2.34. The summed E-state index contributed by atoms with van der Waals surface area (Å²) in [4.78, 5) is 24.7. The molecule has 21 heavy (non-hydrogen) atoms. The largest absolute Gasteiger partial charge is 0.481 e. The number of benzene rings is 1. The second kappa shape index (κ2) is 6.85. The molecule has 0 aromatic heterocycles. The Morgan fingerprint density at radius 3 is 2.33 bits per heavy atom. The van der Waals surface area contributed by atoms with Gasteiger partial charge in [0.2, 0.25) is 0 Å². The summed E-state index contributed by atoms with van der Waals surface area (Å²) in [5.41, 5.74) is 1.41. The molecule has 114 valence electrons. The summed E-state index contributed by atoms with van der Waals surface area (Å²) in [6.45, 7) is 5.75. The van der Waals surface area contributed by atoms with Gasteiger partial charge in [-0.25, -0.2) is 4.79 Å². The number of urea groups is 1. The van der Waals surface area contributed by atoms with Crippen LogP contribution in [-0.4, -0.2) is 45.6 Å². The zero-order chi connectivity index (χ0) is 15.4. The molecule has 0 radical (unpaired) electrons. The minimum Gasteiger partial charge on any atom is -0.481 e. The van der Waals surface area contributed by atoms with Crippen molar-refractivity contribution in [2.24, 2.45) is 0 Å². The quantitative estimate of drug-likeness (QED) is 0.900. The first-order valence-electron chi connectivity index (χ1n) is 6.96. The van der Waals surface area contributed by atoms with Gasteiger partial charge in [0.1, 0.15) is 0 Å². The van der Waals surface area contributed by atoms with E-state index in [0.29, 0.717) is 16.2 Å². The lowest BCUT2D eigenvalue weighted by Crippen LogP contribution is -2.45. The molecule has 1 heterocycles. The molecule has 1 aromatic carbocycles. The maximum Gasteiger partial charge on any atom is 0.321 e. The lowest BCUT2D eigenvalue weighted by molar-refractivity contribution is -0.136. The molecule has 6 heteroatoms.